The number of hydrogen-bond acceptors (Lipinski definition) is 2. The van der Waals surface area contributed by atoms with Gasteiger partial charge in [-0.15, -0.1) is 14.3 Å². The molecule has 0 aliphatic carbocycles. The molecule has 3 rings (SSSR count). The number of para-hydroxylation sites is 1. The highest BCUT2D eigenvalue weighted by Gasteiger charge is 2.13. The van der Waals surface area contributed by atoms with Crippen molar-refractivity contribution in [2.24, 2.45) is 0 Å². The van der Waals surface area contributed by atoms with E-state index in [0.29, 0.717) is 0 Å². The number of aromatic amines is 1. The Bertz CT molecular complexity index is 758. The van der Waals surface area contributed by atoms with Crippen LogP contribution in [0.3, 0.4) is 0 Å². The zero-order chi connectivity index (χ0) is 13.9. The van der Waals surface area contributed by atoms with Crippen molar-refractivity contribution in [2.45, 2.75) is 0 Å². The van der Waals surface area contributed by atoms with E-state index in [1.165, 1.54) is 0 Å². The quantitative estimate of drug-likeness (QED) is 0.731. The molecule has 20 heavy (non-hydrogen) atoms. The molecule has 0 bridgehead atoms. The Morgan fingerprint density at radius 2 is 1.75 bits per heavy atom. The lowest BCUT2D eigenvalue weighted by Crippen LogP contribution is -2.33. The van der Waals surface area contributed by atoms with Gasteiger partial charge in [-0.3, -0.25) is 0 Å². The van der Waals surface area contributed by atoms with E-state index < -0.39 is 0 Å². The zero-order valence-corrected chi connectivity index (χ0v) is 11.0. The van der Waals surface area contributed by atoms with Gasteiger partial charge >= 0.3 is 5.69 Å². The Hall–Kier alpha value is -2.82. The highest BCUT2D eigenvalue weighted by Crippen LogP contribution is 2.12. The molecule has 2 aromatic carbocycles. The van der Waals surface area contributed by atoms with E-state index >= 15 is 0 Å². The van der Waals surface area contributed by atoms with E-state index in [-0.39, 0.29) is 5.69 Å². The molecule has 5 heteroatoms. The standard InChI is InChI=1S/C15H13N3O2/c1-20-14-9-7-12(8-10-14)17-11-18(16-15(17)19)13-5-3-2-4-6-13/h2-11H,1H3/p+1. The van der Waals surface area contributed by atoms with Crippen molar-refractivity contribution in [3.63, 3.8) is 0 Å². The molecule has 0 unspecified atom stereocenters. The Morgan fingerprint density at radius 3 is 2.40 bits per heavy atom. The highest BCUT2D eigenvalue weighted by atomic mass is 16.5. The van der Waals surface area contributed by atoms with Crippen LogP contribution in [0.2, 0.25) is 0 Å². The van der Waals surface area contributed by atoms with Crippen LogP contribution >= 0.6 is 0 Å². The number of ether oxygens (including phenoxy) is 1. The second-order valence-corrected chi connectivity index (χ2v) is 4.31. The van der Waals surface area contributed by atoms with Gasteiger partial charge in [-0.05, 0) is 36.4 Å². The van der Waals surface area contributed by atoms with Crippen molar-refractivity contribution in [1.82, 2.24) is 9.67 Å². The van der Waals surface area contributed by atoms with Crippen LogP contribution in [0.4, 0.5) is 0 Å². The van der Waals surface area contributed by atoms with Crippen LogP contribution in [0.25, 0.3) is 11.4 Å². The molecule has 0 aliphatic heterocycles. The van der Waals surface area contributed by atoms with Gasteiger partial charge in [0.1, 0.15) is 11.4 Å². The average molecular weight is 268 g/mol. The van der Waals surface area contributed by atoms with E-state index in [0.717, 1.165) is 17.1 Å². The fourth-order valence-electron chi connectivity index (χ4n) is 2.00. The molecule has 0 amide bonds. The number of hydrogen-bond donors (Lipinski definition) is 1. The lowest BCUT2D eigenvalue weighted by atomic mass is 10.3. The Morgan fingerprint density at radius 1 is 1.05 bits per heavy atom. The van der Waals surface area contributed by atoms with Crippen LogP contribution in [-0.2, 0) is 0 Å². The molecule has 0 saturated carbocycles. The minimum Gasteiger partial charge on any atom is -0.497 e. The van der Waals surface area contributed by atoms with Crippen molar-refractivity contribution in [3.8, 4) is 17.1 Å². The minimum absolute atomic E-state index is 0.195. The number of aromatic nitrogens is 3. The van der Waals surface area contributed by atoms with E-state index in [1.54, 1.807) is 22.7 Å². The van der Waals surface area contributed by atoms with E-state index in [1.807, 2.05) is 54.6 Å². The fourth-order valence-corrected chi connectivity index (χ4v) is 2.00. The SMILES string of the molecule is COc1ccc(-n2c[n+](-c3ccccc3)[nH]c2=O)cc1. The molecule has 100 valence electrons. The fraction of sp³-hybridized carbons (Fsp3) is 0.0667. The van der Waals surface area contributed by atoms with E-state index in [9.17, 15) is 4.79 Å². The van der Waals surface area contributed by atoms with Crippen molar-refractivity contribution < 1.29 is 9.42 Å². The number of rotatable bonds is 3. The van der Waals surface area contributed by atoms with Gasteiger partial charge in [0.05, 0.1) is 7.11 Å². The van der Waals surface area contributed by atoms with Crippen LogP contribution in [0, 0.1) is 0 Å². The number of nitrogens with one attached hydrogen (secondary N) is 1. The second-order valence-electron chi connectivity index (χ2n) is 4.31. The van der Waals surface area contributed by atoms with Gasteiger partial charge in [0, 0.05) is 0 Å². The lowest BCUT2D eigenvalue weighted by molar-refractivity contribution is -0.658. The molecule has 1 N–H and O–H groups in total. The van der Waals surface area contributed by atoms with Gasteiger partial charge in [0.25, 0.3) is 6.33 Å². The van der Waals surface area contributed by atoms with E-state index in [4.69, 9.17) is 4.74 Å². The molecule has 1 aromatic heterocycles. The maximum atomic E-state index is 12.0. The molecule has 0 aliphatic rings. The van der Waals surface area contributed by atoms with Crippen molar-refractivity contribution in [1.29, 1.82) is 0 Å². The highest BCUT2D eigenvalue weighted by molar-refractivity contribution is 5.36. The zero-order valence-electron chi connectivity index (χ0n) is 11.0. The number of benzene rings is 2. The maximum Gasteiger partial charge on any atom is 0.449 e. The summed E-state index contributed by atoms with van der Waals surface area (Å²) in [5.41, 5.74) is 1.48. The summed E-state index contributed by atoms with van der Waals surface area (Å²) >= 11 is 0. The summed E-state index contributed by atoms with van der Waals surface area (Å²) in [6, 6.07) is 16.9. The third kappa shape index (κ3) is 2.21. The first-order valence-corrected chi connectivity index (χ1v) is 6.21. The summed E-state index contributed by atoms with van der Waals surface area (Å²) in [5.74, 6) is 0.758. The van der Waals surface area contributed by atoms with Crippen molar-refractivity contribution in [2.75, 3.05) is 7.11 Å². The van der Waals surface area contributed by atoms with Gasteiger partial charge in [0.15, 0.2) is 5.69 Å². The molecule has 0 radical (unpaired) electrons. The topological polar surface area (TPSA) is 50.9 Å². The third-order valence-corrected chi connectivity index (χ3v) is 3.05. The minimum atomic E-state index is -0.195. The first-order valence-electron chi connectivity index (χ1n) is 6.21. The van der Waals surface area contributed by atoms with Crippen LogP contribution in [0.1, 0.15) is 0 Å². The second kappa shape index (κ2) is 5.05. The van der Waals surface area contributed by atoms with Crippen LogP contribution in [-0.4, -0.2) is 16.8 Å². The molecule has 0 saturated heterocycles. The maximum absolute atomic E-state index is 12.0. The lowest BCUT2D eigenvalue weighted by Gasteiger charge is -1.98. The van der Waals surface area contributed by atoms with Gasteiger partial charge in [0.2, 0.25) is 0 Å². The van der Waals surface area contributed by atoms with Crippen molar-refractivity contribution in [3.05, 3.63) is 71.4 Å². The third-order valence-electron chi connectivity index (χ3n) is 3.05. The van der Waals surface area contributed by atoms with Crippen molar-refractivity contribution >= 4 is 0 Å². The Labute approximate surface area is 115 Å². The smallest absolute Gasteiger partial charge is 0.449 e. The summed E-state index contributed by atoms with van der Waals surface area (Å²) < 4.78 is 8.34. The predicted octanol–water partition coefficient (Wildman–Crippen LogP) is 1.45. The summed E-state index contributed by atoms with van der Waals surface area (Å²) in [6.07, 6.45) is 1.72. The molecule has 0 atom stereocenters. The molecule has 3 aromatic rings. The Balaban J connectivity index is 2.02. The van der Waals surface area contributed by atoms with E-state index in [2.05, 4.69) is 5.10 Å². The summed E-state index contributed by atoms with van der Waals surface area (Å²) in [4.78, 5) is 12.0. The van der Waals surface area contributed by atoms with Gasteiger partial charge < -0.3 is 4.74 Å². The van der Waals surface area contributed by atoms with Crippen LogP contribution in [0.15, 0.2) is 65.7 Å². The largest absolute Gasteiger partial charge is 0.497 e. The summed E-state index contributed by atoms with van der Waals surface area (Å²) in [6.45, 7) is 0. The van der Waals surface area contributed by atoms with Crippen LogP contribution < -0.4 is 15.1 Å². The molecular formula is C15H14N3O2+. The number of methoxy groups -OCH3 is 1. The monoisotopic (exact) mass is 268 g/mol. The molecule has 5 nitrogen and oxygen atoms in total. The first-order chi connectivity index (χ1) is 9.78. The molecular weight excluding hydrogens is 254 g/mol. The molecule has 0 fully saturated rings. The number of nitrogens with zero attached hydrogens (tertiary/aromatic N) is 2. The summed E-state index contributed by atoms with van der Waals surface area (Å²) in [7, 11) is 1.61. The number of H-pyrrole nitrogens is 1. The average Bonchev–Trinajstić information content (AvgIpc) is 2.90. The Kier molecular flexibility index (Phi) is 3.09. The van der Waals surface area contributed by atoms with Gasteiger partial charge in [-0.25, -0.2) is 4.79 Å². The first kappa shape index (κ1) is 12.2. The predicted molar refractivity (Wildman–Crippen MR) is 74.5 cm³/mol. The molecule has 1 heterocycles. The van der Waals surface area contributed by atoms with Gasteiger partial charge in [-0.1, -0.05) is 18.2 Å². The normalized spacial score (nSPS) is 10.4. The van der Waals surface area contributed by atoms with Gasteiger partial charge in [-0.2, -0.15) is 0 Å². The summed E-state index contributed by atoms with van der Waals surface area (Å²) in [5, 5.41) is 2.78. The van der Waals surface area contributed by atoms with Crippen LogP contribution in [0.5, 0.6) is 5.75 Å². The molecule has 0 spiro atoms.